The van der Waals surface area contributed by atoms with Crippen LogP contribution in [0.15, 0.2) is 94.7 Å². The SMILES string of the molecule is CCOC(=O)c1ccc(-c2ccc(/C=N\NC(=O)c3ccccc3-n3cccc3)o2)cc1. The third-order valence-corrected chi connectivity index (χ3v) is 4.70. The molecule has 2 heterocycles. The molecule has 7 nitrogen and oxygen atoms in total. The molecule has 0 atom stereocenters. The van der Waals surface area contributed by atoms with E-state index in [2.05, 4.69) is 10.5 Å². The third-order valence-electron chi connectivity index (χ3n) is 4.70. The van der Waals surface area contributed by atoms with Crippen molar-refractivity contribution in [3.05, 3.63) is 102 Å². The highest BCUT2D eigenvalue weighted by atomic mass is 16.5. The Kier molecular flexibility index (Phi) is 6.27. The van der Waals surface area contributed by atoms with Crippen molar-refractivity contribution in [2.45, 2.75) is 6.92 Å². The van der Waals surface area contributed by atoms with Crippen LogP contribution in [0.3, 0.4) is 0 Å². The summed E-state index contributed by atoms with van der Waals surface area (Å²) < 4.78 is 12.6. The number of ether oxygens (including phenoxy) is 1. The van der Waals surface area contributed by atoms with Crippen LogP contribution in [0.25, 0.3) is 17.0 Å². The summed E-state index contributed by atoms with van der Waals surface area (Å²) in [5.41, 5.74) is 5.09. The molecular formula is C25H21N3O4. The molecule has 2 aromatic carbocycles. The number of esters is 1. The molecule has 32 heavy (non-hydrogen) atoms. The topological polar surface area (TPSA) is 85.8 Å². The van der Waals surface area contributed by atoms with Gasteiger partial charge in [-0.1, -0.05) is 24.3 Å². The predicted molar refractivity (Wildman–Crippen MR) is 121 cm³/mol. The van der Waals surface area contributed by atoms with Crippen LogP contribution in [-0.2, 0) is 4.74 Å². The van der Waals surface area contributed by atoms with Gasteiger partial charge in [-0.2, -0.15) is 5.10 Å². The van der Waals surface area contributed by atoms with Crippen LogP contribution in [0.2, 0.25) is 0 Å². The van der Waals surface area contributed by atoms with Gasteiger partial charge in [0.1, 0.15) is 11.5 Å². The molecule has 1 amide bonds. The molecule has 0 fully saturated rings. The Bertz CT molecular complexity index is 1240. The van der Waals surface area contributed by atoms with Crippen molar-refractivity contribution < 1.29 is 18.7 Å². The molecule has 160 valence electrons. The van der Waals surface area contributed by atoms with Gasteiger partial charge in [-0.05, 0) is 55.5 Å². The number of furan rings is 1. The number of carbonyl (C=O) groups excluding carboxylic acids is 2. The number of aromatic nitrogens is 1. The maximum absolute atomic E-state index is 12.6. The van der Waals surface area contributed by atoms with Crippen LogP contribution < -0.4 is 5.43 Å². The van der Waals surface area contributed by atoms with E-state index in [9.17, 15) is 9.59 Å². The fourth-order valence-corrected chi connectivity index (χ4v) is 3.16. The number of para-hydroxylation sites is 1. The monoisotopic (exact) mass is 427 g/mol. The minimum Gasteiger partial charge on any atom is -0.462 e. The predicted octanol–water partition coefficient (Wildman–Crippen LogP) is 4.68. The molecule has 4 rings (SSSR count). The molecule has 0 unspecified atom stereocenters. The van der Waals surface area contributed by atoms with Crippen molar-refractivity contribution in [2.24, 2.45) is 5.10 Å². The van der Waals surface area contributed by atoms with Crippen molar-refractivity contribution in [1.29, 1.82) is 0 Å². The summed E-state index contributed by atoms with van der Waals surface area (Å²) in [7, 11) is 0. The van der Waals surface area contributed by atoms with Crippen LogP contribution >= 0.6 is 0 Å². The first kappa shape index (κ1) is 20.9. The van der Waals surface area contributed by atoms with Crippen molar-refractivity contribution in [3.63, 3.8) is 0 Å². The molecule has 0 spiro atoms. The smallest absolute Gasteiger partial charge is 0.338 e. The van der Waals surface area contributed by atoms with E-state index < -0.39 is 0 Å². The zero-order chi connectivity index (χ0) is 22.3. The fourth-order valence-electron chi connectivity index (χ4n) is 3.16. The van der Waals surface area contributed by atoms with Crippen molar-refractivity contribution >= 4 is 18.1 Å². The zero-order valence-electron chi connectivity index (χ0n) is 17.4. The minimum atomic E-state index is -0.361. The number of rotatable bonds is 7. The number of amides is 1. The van der Waals surface area contributed by atoms with Gasteiger partial charge in [0.05, 0.1) is 29.6 Å². The largest absolute Gasteiger partial charge is 0.462 e. The van der Waals surface area contributed by atoms with E-state index in [1.54, 1.807) is 55.5 Å². The molecule has 0 saturated carbocycles. The van der Waals surface area contributed by atoms with Crippen molar-refractivity contribution in [3.8, 4) is 17.0 Å². The Balaban J connectivity index is 1.42. The lowest BCUT2D eigenvalue weighted by atomic mass is 10.1. The van der Waals surface area contributed by atoms with E-state index >= 15 is 0 Å². The Morgan fingerprint density at radius 2 is 1.75 bits per heavy atom. The van der Waals surface area contributed by atoms with E-state index in [1.807, 2.05) is 41.2 Å². The first-order valence-corrected chi connectivity index (χ1v) is 10.1. The highest BCUT2D eigenvalue weighted by Crippen LogP contribution is 2.22. The molecule has 0 aliphatic rings. The summed E-state index contributed by atoms with van der Waals surface area (Å²) in [6.45, 7) is 2.09. The van der Waals surface area contributed by atoms with Gasteiger partial charge in [-0.3, -0.25) is 4.79 Å². The van der Waals surface area contributed by atoms with Gasteiger partial charge in [-0.15, -0.1) is 0 Å². The van der Waals surface area contributed by atoms with Gasteiger partial charge in [0.15, 0.2) is 0 Å². The quantitative estimate of drug-likeness (QED) is 0.264. The summed E-state index contributed by atoms with van der Waals surface area (Å²) >= 11 is 0. The molecule has 1 N–H and O–H groups in total. The standard InChI is InChI=1S/C25H21N3O4/c1-2-31-25(30)19-11-9-18(10-12-19)23-14-13-20(32-23)17-26-27-24(29)21-7-3-4-8-22(21)28-15-5-6-16-28/h3-17H,2H2,1H3,(H,27,29)/b26-17-. The van der Waals surface area contributed by atoms with E-state index in [1.165, 1.54) is 6.21 Å². The van der Waals surface area contributed by atoms with Crippen LogP contribution in [0.5, 0.6) is 0 Å². The van der Waals surface area contributed by atoms with Crippen LogP contribution in [0.1, 0.15) is 33.4 Å². The number of carbonyl (C=O) groups is 2. The minimum absolute atomic E-state index is 0.327. The average Bonchev–Trinajstić information content (AvgIpc) is 3.52. The molecule has 0 saturated heterocycles. The first-order chi connectivity index (χ1) is 15.7. The number of hydrogen-bond acceptors (Lipinski definition) is 5. The summed E-state index contributed by atoms with van der Waals surface area (Å²) in [5.74, 6) is 0.409. The lowest BCUT2D eigenvalue weighted by Gasteiger charge is -2.08. The second kappa shape index (κ2) is 9.61. The van der Waals surface area contributed by atoms with Gasteiger partial charge >= 0.3 is 5.97 Å². The summed E-state index contributed by atoms with van der Waals surface area (Å²) in [6, 6.07) is 21.6. The van der Waals surface area contributed by atoms with Gasteiger partial charge in [-0.25, -0.2) is 10.2 Å². The highest BCUT2D eigenvalue weighted by Gasteiger charge is 2.11. The molecule has 2 aromatic heterocycles. The van der Waals surface area contributed by atoms with Gasteiger partial charge in [0, 0.05) is 18.0 Å². The number of hydrogen-bond donors (Lipinski definition) is 1. The number of hydrazone groups is 1. The fraction of sp³-hybridized carbons (Fsp3) is 0.0800. The van der Waals surface area contributed by atoms with Crippen LogP contribution in [0, 0.1) is 0 Å². The summed E-state index contributed by atoms with van der Waals surface area (Å²) in [4.78, 5) is 24.4. The molecule has 4 aromatic rings. The number of nitrogens with zero attached hydrogens (tertiary/aromatic N) is 2. The third kappa shape index (κ3) is 4.67. The molecule has 0 radical (unpaired) electrons. The van der Waals surface area contributed by atoms with E-state index in [4.69, 9.17) is 9.15 Å². The molecule has 7 heteroatoms. The maximum atomic E-state index is 12.6. The molecule has 0 aliphatic heterocycles. The normalized spacial score (nSPS) is 10.9. The van der Waals surface area contributed by atoms with E-state index in [0.29, 0.717) is 29.3 Å². The average molecular weight is 427 g/mol. The van der Waals surface area contributed by atoms with Crippen molar-refractivity contribution in [1.82, 2.24) is 9.99 Å². The Labute approximate surface area is 184 Å². The van der Waals surface area contributed by atoms with Gasteiger partial charge < -0.3 is 13.7 Å². The number of benzene rings is 2. The second-order valence-corrected chi connectivity index (χ2v) is 6.81. The van der Waals surface area contributed by atoms with Crippen molar-refractivity contribution in [2.75, 3.05) is 6.61 Å². The second-order valence-electron chi connectivity index (χ2n) is 6.81. The Morgan fingerprint density at radius 1 is 1.00 bits per heavy atom. The molecule has 0 aliphatic carbocycles. The number of nitrogens with one attached hydrogen (secondary N) is 1. The molecular weight excluding hydrogens is 406 g/mol. The first-order valence-electron chi connectivity index (χ1n) is 10.1. The lowest BCUT2D eigenvalue weighted by molar-refractivity contribution is 0.0526. The van der Waals surface area contributed by atoms with Crippen LogP contribution in [-0.4, -0.2) is 29.3 Å². The van der Waals surface area contributed by atoms with E-state index in [0.717, 1.165) is 11.3 Å². The van der Waals surface area contributed by atoms with E-state index in [-0.39, 0.29) is 11.9 Å². The van der Waals surface area contributed by atoms with Gasteiger partial charge in [0.2, 0.25) is 0 Å². The summed E-state index contributed by atoms with van der Waals surface area (Å²) in [5, 5.41) is 4.02. The lowest BCUT2D eigenvalue weighted by Crippen LogP contribution is -2.19. The zero-order valence-corrected chi connectivity index (χ0v) is 17.4. The summed E-state index contributed by atoms with van der Waals surface area (Å²) in [6.07, 6.45) is 5.19. The van der Waals surface area contributed by atoms with Gasteiger partial charge in [0.25, 0.3) is 5.91 Å². The maximum Gasteiger partial charge on any atom is 0.338 e. The highest BCUT2D eigenvalue weighted by molar-refractivity contribution is 5.98. The Morgan fingerprint density at radius 3 is 2.50 bits per heavy atom. The molecule has 0 bridgehead atoms. The Hall–Kier alpha value is -4.39. The van der Waals surface area contributed by atoms with Crippen LogP contribution in [0.4, 0.5) is 0 Å².